The van der Waals surface area contributed by atoms with E-state index in [9.17, 15) is 13.2 Å². The molecular weight excluding hydrogens is 318 g/mol. The second kappa shape index (κ2) is 6.62. The molecule has 0 unspecified atom stereocenters. The van der Waals surface area contributed by atoms with Gasteiger partial charge in [0.15, 0.2) is 0 Å². The van der Waals surface area contributed by atoms with Crippen molar-refractivity contribution in [3.05, 3.63) is 24.2 Å². The lowest BCUT2D eigenvalue weighted by Crippen LogP contribution is -2.50. The Hall–Kier alpha value is -1.38. The first-order valence-corrected chi connectivity index (χ1v) is 9.45. The molecule has 0 radical (unpaired) electrons. The number of nitrogens with zero attached hydrogens (tertiary/aromatic N) is 2. The minimum absolute atomic E-state index is 0.0890. The number of carbonyl (C=O) groups excluding carboxylic acids is 1. The molecule has 23 heavy (non-hydrogen) atoms. The van der Waals surface area contributed by atoms with Gasteiger partial charge in [0.05, 0.1) is 18.2 Å². The quantitative estimate of drug-likeness (QED) is 0.889. The Bertz CT molecular complexity index is 644. The molecule has 1 N–H and O–H groups in total. The highest BCUT2D eigenvalue weighted by Gasteiger charge is 2.42. The highest BCUT2D eigenvalue weighted by Crippen LogP contribution is 2.36. The molecule has 0 saturated carbocycles. The Morgan fingerprint density at radius 3 is 2.78 bits per heavy atom. The maximum Gasteiger partial charge on any atom is 0.282 e. The number of piperidine rings is 1. The zero-order valence-corrected chi connectivity index (χ0v) is 14.1. The number of nitrogens with one attached hydrogen (secondary N) is 1. The van der Waals surface area contributed by atoms with Crippen LogP contribution in [-0.4, -0.2) is 49.6 Å². The van der Waals surface area contributed by atoms with Gasteiger partial charge in [-0.2, -0.15) is 17.0 Å². The Kier molecular flexibility index (Phi) is 4.74. The van der Waals surface area contributed by atoms with Crippen molar-refractivity contribution in [1.82, 2.24) is 13.9 Å². The molecule has 1 amide bonds. The Morgan fingerprint density at radius 1 is 1.30 bits per heavy atom. The van der Waals surface area contributed by atoms with Crippen LogP contribution in [0.3, 0.4) is 0 Å². The Balaban J connectivity index is 1.79. The van der Waals surface area contributed by atoms with E-state index in [2.05, 4.69) is 5.32 Å². The van der Waals surface area contributed by atoms with Gasteiger partial charge in [-0.15, -0.1) is 0 Å². The van der Waals surface area contributed by atoms with Crippen LogP contribution in [-0.2, 0) is 15.0 Å². The van der Waals surface area contributed by atoms with Gasteiger partial charge in [-0.25, -0.2) is 0 Å². The highest BCUT2D eigenvalue weighted by molar-refractivity contribution is 7.86. The van der Waals surface area contributed by atoms with E-state index < -0.39 is 10.2 Å². The first kappa shape index (κ1) is 16.5. The van der Waals surface area contributed by atoms with Gasteiger partial charge in [-0.3, -0.25) is 4.79 Å². The van der Waals surface area contributed by atoms with Crippen molar-refractivity contribution in [2.24, 2.45) is 5.92 Å². The van der Waals surface area contributed by atoms with Crippen LogP contribution in [0.1, 0.15) is 37.5 Å². The summed E-state index contributed by atoms with van der Waals surface area (Å²) < 4.78 is 34.5. The molecule has 2 aliphatic heterocycles. The summed E-state index contributed by atoms with van der Waals surface area (Å²) in [5, 5.41) is 2.62. The summed E-state index contributed by atoms with van der Waals surface area (Å²) in [6, 6.07) is 3.36. The van der Waals surface area contributed by atoms with E-state index in [0.717, 1.165) is 19.3 Å². The molecule has 2 aliphatic rings. The third-order valence-corrected chi connectivity index (χ3v) is 6.71. The first-order valence-electron chi connectivity index (χ1n) is 8.06. The largest absolute Gasteiger partial charge is 0.468 e. The summed E-state index contributed by atoms with van der Waals surface area (Å²) in [5.41, 5.74) is 0. The number of hydrogen-bond acceptors (Lipinski definition) is 4. The van der Waals surface area contributed by atoms with Crippen LogP contribution in [0.5, 0.6) is 0 Å². The zero-order valence-electron chi connectivity index (χ0n) is 13.3. The van der Waals surface area contributed by atoms with Gasteiger partial charge in [-0.05, 0) is 37.8 Å². The molecule has 2 atom stereocenters. The van der Waals surface area contributed by atoms with Gasteiger partial charge in [0.1, 0.15) is 5.76 Å². The normalized spacial score (nSPS) is 27.2. The van der Waals surface area contributed by atoms with Crippen LogP contribution >= 0.6 is 0 Å². The lowest BCUT2D eigenvalue weighted by atomic mass is 9.99. The van der Waals surface area contributed by atoms with E-state index >= 15 is 0 Å². The summed E-state index contributed by atoms with van der Waals surface area (Å²) in [4.78, 5) is 11.9. The van der Waals surface area contributed by atoms with E-state index in [1.54, 1.807) is 19.4 Å². The van der Waals surface area contributed by atoms with Gasteiger partial charge < -0.3 is 9.73 Å². The van der Waals surface area contributed by atoms with E-state index in [-0.39, 0.29) is 24.4 Å². The van der Waals surface area contributed by atoms with Crippen LogP contribution in [0.4, 0.5) is 0 Å². The van der Waals surface area contributed by atoms with Crippen molar-refractivity contribution in [2.45, 2.75) is 31.7 Å². The second-order valence-corrected chi connectivity index (χ2v) is 7.98. The average Bonchev–Trinajstić information content (AvgIpc) is 3.24. The molecule has 3 rings (SSSR count). The molecule has 0 aliphatic carbocycles. The van der Waals surface area contributed by atoms with Gasteiger partial charge in [0.2, 0.25) is 5.91 Å². The lowest BCUT2D eigenvalue weighted by Gasteiger charge is -2.35. The number of amides is 1. The molecular formula is C15H23N3O4S. The van der Waals surface area contributed by atoms with E-state index in [1.807, 2.05) is 6.07 Å². The van der Waals surface area contributed by atoms with Crippen molar-refractivity contribution >= 4 is 16.1 Å². The Morgan fingerprint density at radius 2 is 2.09 bits per heavy atom. The van der Waals surface area contributed by atoms with Crippen molar-refractivity contribution in [2.75, 3.05) is 26.7 Å². The van der Waals surface area contributed by atoms with Crippen molar-refractivity contribution < 1.29 is 17.6 Å². The highest BCUT2D eigenvalue weighted by atomic mass is 32.2. The number of carbonyl (C=O) groups is 1. The molecule has 8 heteroatoms. The van der Waals surface area contributed by atoms with Gasteiger partial charge in [-0.1, -0.05) is 0 Å². The first-order chi connectivity index (χ1) is 11.0. The third-order valence-electron chi connectivity index (χ3n) is 4.70. The number of rotatable bonds is 4. The van der Waals surface area contributed by atoms with Crippen molar-refractivity contribution in [3.63, 3.8) is 0 Å². The van der Waals surface area contributed by atoms with Gasteiger partial charge >= 0.3 is 0 Å². The smallest absolute Gasteiger partial charge is 0.282 e. The lowest BCUT2D eigenvalue weighted by molar-refractivity contribution is -0.125. The molecule has 2 saturated heterocycles. The fourth-order valence-electron chi connectivity index (χ4n) is 3.50. The molecule has 3 heterocycles. The predicted octanol–water partition coefficient (Wildman–Crippen LogP) is 1.12. The molecule has 128 valence electrons. The summed E-state index contributed by atoms with van der Waals surface area (Å²) in [5.74, 6) is 0.327. The third kappa shape index (κ3) is 3.15. The minimum Gasteiger partial charge on any atom is -0.468 e. The fraction of sp³-hybridized carbons (Fsp3) is 0.667. The minimum atomic E-state index is -3.58. The second-order valence-electron chi connectivity index (χ2n) is 6.10. The van der Waals surface area contributed by atoms with Crippen molar-refractivity contribution in [1.29, 1.82) is 0 Å². The predicted molar refractivity (Wildman–Crippen MR) is 84.7 cm³/mol. The van der Waals surface area contributed by atoms with E-state index in [1.165, 1.54) is 8.61 Å². The molecule has 1 aromatic heterocycles. The number of furan rings is 1. The molecule has 2 fully saturated rings. The topological polar surface area (TPSA) is 82.9 Å². The standard InChI is InChI=1S/C15H23N3O4S/c1-16-15(19)12-5-2-8-17(11-12)23(20,21)18-9-3-6-13(18)14-7-4-10-22-14/h4,7,10,12-13H,2-3,5-6,8-9,11H2,1H3,(H,16,19)/t12-,13+/m0/s1. The van der Waals surface area contributed by atoms with Crippen LogP contribution in [0, 0.1) is 5.92 Å². The summed E-state index contributed by atoms with van der Waals surface area (Å²) >= 11 is 0. The van der Waals surface area contributed by atoms with Crippen molar-refractivity contribution in [3.8, 4) is 0 Å². The summed E-state index contributed by atoms with van der Waals surface area (Å²) in [6.45, 7) is 1.22. The monoisotopic (exact) mass is 341 g/mol. The molecule has 7 nitrogen and oxygen atoms in total. The summed E-state index contributed by atoms with van der Waals surface area (Å²) in [6.07, 6.45) is 4.58. The van der Waals surface area contributed by atoms with Crippen LogP contribution in [0.2, 0.25) is 0 Å². The SMILES string of the molecule is CNC(=O)[C@H]1CCCN(S(=O)(=O)N2CCC[C@@H]2c2ccco2)C1. The molecule has 0 spiro atoms. The molecule has 0 aromatic carbocycles. The summed E-state index contributed by atoms with van der Waals surface area (Å²) in [7, 11) is -2.00. The number of hydrogen-bond donors (Lipinski definition) is 1. The van der Waals surface area contributed by atoms with Gasteiger partial charge in [0, 0.05) is 26.7 Å². The zero-order chi connectivity index (χ0) is 16.4. The molecule has 1 aromatic rings. The Labute approximate surface area is 136 Å². The van der Waals surface area contributed by atoms with Gasteiger partial charge in [0.25, 0.3) is 10.2 Å². The van der Waals surface area contributed by atoms with Crippen LogP contribution < -0.4 is 5.32 Å². The average molecular weight is 341 g/mol. The van der Waals surface area contributed by atoms with E-state index in [4.69, 9.17) is 4.42 Å². The van der Waals surface area contributed by atoms with E-state index in [0.29, 0.717) is 25.3 Å². The van der Waals surface area contributed by atoms with Crippen LogP contribution in [0.25, 0.3) is 0 Å². The maximum atomic E-state index is 13.0. The molecule has 0 bridgehead atoms. The maximum absolute atomic E-state index is 13.0. The fourth-order valence-corrected chi connectivity index (χ4v) is 5.42. The van der Waals surface area contributed by atoms with Crippen LogP contribution in [0.15, 0.2) is 22.8 Å².